The van der Waals surface area contributed by atoms with Gasteiger partial charge in [0.05, 0.1) is 5.56 Å². The summed E-state index contributed by atoms with van der Waals surface area (Å²) in [7, 11) is 1.99. The number of hydrogen-bond acceptors (Lipinski definition) is 3. The molecule has 0 saturated heterocycles. The lowest BCUT2D eigenvalue weighted by atomic mass is 10.1. The SMILES string of the molecule is Cc1cc(C(=O)O)ccc1N(C)Cc1ccncc1. The van der Waals surface area contributed by atoms with E-state index >= 15 is 0 Å². The van der Waals surface area contributed by atoms with Crippen molar-refractivity contribution in [2.75, 3.05) is 11.9 Å². The highest BCUT2D eigenvalue weighted by atomic mass is 16.4. The van der Waals surface area contributed by atoms with Gasteiger partial charge in [0.15, 0.2) is 0 Å². The van der Waals surface area contributed by atoms with Gasteiger partial charge in [-0.2, -0.15) is 0 Å². The summed E-state index contributed by atoms with van der Waals surface area (Å²) in [6.07, 6.45) is 3.53. The van der Waals surface area contributed by atoms with Gasteiger partial charge in [-0.3, -0.25) is 4.98 Å². The molecule has 0 unspecified atom stereocenters. The van der Waals surface area contributed by atoms with Crippen LogP contribution in [0.4, 0.5) is 5.69 Å². The molecule has 98 valence electrons. The second-order valence-electron chi connectivity index (χ2n) is 4.52. The third-order valence-corrected chi connectivity index (χ3v) is 3.02. The quantitative estimate of drug-likeness (QED) is 0.913. The molecule has 0 aliphatic carbocycles. The molecule has 4 heteroatoms. The summed E-state index contributed by atoms with van der Waals surface area (Å²) in [6.45, 7) is 2.68. The number of carboxylic acid groups (broad SMARTS) is 1. The molecule has 2 aromatic rings. The molecule has 0 aliphatic rings. The van der Waals surface area contributed by atoms with Gasteiger partial charge in [-0.05, 0) is 48.4 Å². The number of hydrogen-bond donors (Lipinski definition) is 1. The number of benzene rings is 1. The van der Waals surface area contributed by atoms with Crippen LogP contribution in [-0.4, -0.2) is 23.1 Å². The zero-order valence-corrected chi connectivity index (χ0v) is 11.0. The number of nitrogens with zero attached hydrogens (tertiary/aromatic N) is 2. The van der Waals surface area contributed by atoms with Crippen LogP contribution in [0.25, 0.3) is 0 Å². The van der Waals surface area contributed by atoms with E-state index in [1.165, 1.54) is 5.56 Å². The van der Waals surface area contributed by atoms with Gasteiger partial charge in [0.1, 0.15) is 0 Å². The molecule has 0 atom stereocenters. The molecule has 1 N–H and O–H groups in total. The number of aryl methyl sites for hydroxylation is 1. The van der Waals surface area contributed by atoms with E-state index in [9.17, 15) is 4.79 Å². The monoisotopic (exact) mass is 256 g/mol. The Morgan fingerprint density at radius 3 is 2.53 bits per heavy atom. The van der Waals surface area contributed by atoms with Crippen molar-refractivity contribution >= 4 is 11.7 Å². The van der Waals surface area contributed by atoms with Gasteiger partial charge in [0, 0.05) is 31.7 Å². The minimum Gasteiger partial charge on any atom is -0.478 e. The molecule has 0 fully saturated rings. The van der Waals surface area contributed by atoms with Crippen LogP contribution in [0.5, 0.6) is 0 Å². The van der Waals surface area contributed by atoms with Crippen molar-refractivity contribution in [1.82, 2.24) is 4.98 Å². The molecule has 0 spiro atoms. The number of anilines is 1. The van der Waals surface area contributed by atoms with Crippen molar-refractivity contribution in [3.8, 4) is 0 Å². The molecular formula is C15H16N2O2. The van der Waals surface area contributed by atoms with E-state index in [2.05, 4.69) is 9.88 Å². The number of aromatic carboxylic acids is 1. The molecule has 0 aliphatic heterocycles. The van der Waals surface area contributed by atoms with Crippen LogP contribution in [-0.2, 0) is 6.54 Å². The van der Waals surface area contributed by atoms with Gasteiger partial charge >= 0.3 is 5.97 Å². The molecule has 0 bridgehead atoms. The maximum Gasteiger partial charge on any atom is 0.335 e. The Labute approximate surface area is 112 Å². The van der Waals surface area contributed by atoms with Crippen molar-refractivity contribution < 1.29 is 9.90 Å². The first-order valence-electron chi connectivity index (χ1n) is 6.02. The van der Waals surface area contributed by atoms with E-state index in [4.69, 9.17) is 5.11 Å². The Morgan fingerprint density at radius 1 is 1.26 bits per heavy atom. The van der Waals surface area contributed by atoms with Crippen LogP contribution in [0.3, 0.4) is 0 Å². The molecule has 0 radical (unpaired) electrons. The Hall–Kier alpha value is -2.36. The van der Waals surface area contributed by atoms with Crippen LogP contribution in [0.15, 0.2) is 42.7 Å². The molecule has 4 nitrogen and oxygen atoms in total. The van der Waals surface area contributed by atoms with Crippen LogP contribution in [0, 0.1) is 6.92 Å². The average molecular weight is 256 g/mol. The van der Waals surface area contributed by atoms with Gasteiger partial charge in [-0.25, -0.2) is 4.79 Å². The van der Waals surface area contributed by atoms with Crippen molar-refractivity contribution in [3.05, 3.63) is 59.4 Å². The summed E-state index contributed by atoms with van der Waals surface area (Å²) in [5.41, 5.74) is 3.47. The third kappa shape index (κ3) is 3.10. The highest BCUT2D eigenvalue weighted by Crippen LogP contribution is 2.21. The lowest BCUT2D eigenvalue weighted by molar-refractivity contribution is 0.0697. The topological polar surface area (TPSA) is 53.4 Å². The second kappa shape index (κ2) is 5.52. The van der Waals surface area contributed by atoms with Gasteiger partial charge < -0.3 is 10.0 Å². The number of carbonyl (C=O) groups is 1. The highest BCUT2D eigenvalue weighted by molar-refractivity contribution is 5.88. The first-order valence-corrected chi connectivity index (χ1v) is 6.02. The summed E-state index contributed by atoms with van der Waals surface area (Å²) in [4.78, 5) is 17.0. The van der Waals surface area contributed by atoms with Crippen LogP contribution in [0.1, 0.15) is 21.5 Å². The highest BCUT2D eigenvalue weighted by Gasteiger charge is 2.09. The molecule has 1 aromatic carbocycles. The van der Waals surface area contributed by atoms with Crippen LogP contribution < -0.4 is 4.90 Å². The van der Waals surface area contributed by atoms with Gasteiger partial charge in [-0.1, -0.05) is 0 Å². The molecule has 1 aromatic heterocycles. The Bertz CT molecular complexity index is 582. The van der Waals surface area contributed by atoms with Crippen molar-refractivity contribution in [2.45, 2.75) is 13.5 Å². The normalized spacial score (nSPS) is 10.2. The van der Waals surface area contributed by atoms with E-state index in [0.717, 1.165) is 17.8 Å². The molecule has 0 amide bonds. The Balaban J connectivity index is 2.20. The fraction of sp³-hybridized carbons (Fsp3) is 0.200. The molecular weight excluding hydrogens is 240 g/mol. The van der Waals surface area contributed by atoms with E-state index in [1.54, 1.807) is 24.5 Å². The third-order valence-electron chi connectivity index (χ3n) is 3.02. The average Bonchev–Trinajstić information content (AvgIpc) is 2.39. The lowest BCUT2D eigenvalue weighted by Gasteiger charge is -2.21. The Morgan fingerprint density at radius 2 is 1.95 bits per heavy atom. The summed E-state index contributed by atoms with van der Waals surface area (Å²) in [5.74, 6) is -0.897. The predicted octanol–water partition coefficient (Wildman–Crippen LogP) is 2.72. The van der Waals surface area contributed by atoms with Crippen LogP contribution in [0.2, 0.25) is 0 Å². The van der Waals surface area contributed by atoms with Crippen molar-refractivity contribution in [2.24, 2.45) is 0 Å². The van der Waals surface area contributed by atoms with Gasteiger partial charge in [-0.15, -0.1) is 0 Å². The lowest BCUT2D eigenvalue weighted by Crippen LogP contribution is -2.17. The molecule has 1 heterocycles. The zero-order chi connectivity index (χ0) is 13.8. The summed E-state index contributed by atoms with van der Waals surface area (Å²) < 4.78 is 0. The molecule has 2 rings (SSSR count). The number of rotatable bonds is 4. The maximum atomic E-state index is 10.9. The van der Waals surface area contributed by atoms with Crippen LogP contribution >= 0.6 is 0 Å². The Kier molecular flexibility index (Phi) is 3.80. The first-order chi connectivity index (χ1) is 9.08. The van der Waals surface area contributed by atoms with E-state index < -0.39 is 5.97 Å². The van der Waals surface area contributed by atoms with Crippen molar-refractivity contribution in [1.29, 1.82) is 0 Å². The second-order valence-corrected chi connectivity index (χ2v) is 4.52. The number of pyridine rings is 1. The standard InChI is InChI=1S/C15H16N2O2/c1-11-9-13(15(18)19)3-4-14(11)17(2)10-12-5-7-16-8-6-12/h3-9H,10H2,1-2H3,(H,18,19). The minimum absolute atomic E-state index is 0.318. The summed E-state index contributed by atoms with van der Waals surface area (Å²) in [6, 6.07) is 9.11. The number of carboxylic acids is 1. The first kappa shape index (κ1) is 13.1. The fourth-order valence-electron chi connectivity index (χ4n) is 2.06. The number of aromatic nitrogens is 1. The summed E-state index contributed by atoms with van der Waals surface area (Å²) in [5, 5.41) is 8.95. The van der Waals surface area contributed by atoms with E-state index in [0.29, 0.717) is 5.56 Å². The maximum absolute atomic E-state index is 10.9. The largest absolute Gasteiger partial charge is 0.478 e. The fourth-order valence-corrected chi connectivity index (χ4v) is 2.06. The van der Waals surface area contributed by atoms with Gasteiger partial charge in [0.2, 0.25) is 0 Å². The van der Waals surface area contributed by atoms with Crippen molar-refractivity contribution in [3.63, 3.8) is 0 Å². The summed E-state index contributed by atoms with van der Waals surface area (Å²) >= 11 is 0. The van der Waals surface area contributed by atoms with E-state index in [1.807, 2.05) is 32.2 Å². The molecule has 0 saturated carbocycles. The molecule has 19 heavy (non-hydrogen) atoms. The van der Waals surface area contributed by atoms with E-state index in [-0.39, 0.29) is 0 Å². The minimum atomic E-state index is -0.897. The van der Waals surface area contributed by atoms with Gasteiger partial charge in [0.25, 0.3) is 0 Å². The smallest absolute Gasteiger partial charge is 0.335 e. The predicted molar refractivity (Wildman–Crippen MR) is 74.5 cm³/mol. The zero-order valence-electron chi connectivity index (χ0n) is 11.0.